The molecule has 1 unspecified atom stereocenters. The highest BCUT2D eigenvalue weighted by Gasteiger charge is 2.76. The van der Waals surface area contributed by atoms with Crippen molar-refractivity contribution in [2.45, 2.75) is 73.1 Å². The van der Waals surface area contributed by atoms with Crippen LogP contribution in [-0.2, 0) is 20.2 Å². The number of methoxy groups -OCH3 is 1. The summed E-state index contributed by atoms with van der Waals surface area (Å²) in [6.07, 6.45) is 8.09. The summed E-state index contributed by atoms with van der Waals surface area (Å²) in [7, 11) is 1.37. The lowest BCUT2D eigenvalue weighted by molar-refractivity contribution is -0.838. The van der Waals surface area contributed by atoms with Crippen LogP contribution in [0.25, 0.3) is 23.8 Å². The van der Waals surface area contributed by atoms with Crippen molar-refractivity contribution >= 4 is 58.8 Å². The summed E-state index contributed by atoms with van der Waals surface area (Å²) in [6, 6.07) is 0. The molecule has 8 rings (SSSR count). The highest BCUT2D eigenvalue weighted by molar-refractivity contribution is 6.14. The molecule has 2 aromatic heterocycles. The van der Waals surface area contributed by atoms with E-state index in [0.717, 1.165) is 56.8 Å². The Morgan fingerprint density at radius 3 is 2.22 bits per heavy atom. The summed E-state index contributed by atoms with van der Waals surface area (Å²) in [4.78, 5) is 54.2. The van der Waals surface area contributed by atoms with Crippen LogP contribution in [0.2, 0.25) is 0 Å². The second-order valence-corrected chi connectivity index (χ2v) is 14.6. The van der Waals surface area contributed by atoms with Crippen molar-refractivity contribution in [3.05, 3.63) is 55.7 Å². The Hall–Kier alpha value is -4.88. The fourth-order valence-corrected chi connectivity index (χ4v) is 10.2. The average Bonchev–Trinajstić information content (AvgIpc) is 3.75. The van der Waals surface area contributed by atoms with Gasteiger partial charge < -0.3 is 26.8 Å². The standard InChI is InChI=1S/C38H44N8O5/c1-8-22-17(2)25-14-30-33(21(6)47)19(4)27-12-26-18(3)23(9-10-31(48)41-15-39)35-24(11-32(49)51-7)36-34(37(50)42-16-40)20(5)28-13-29(22)43(25)38(44(27)30,45(26)35)46(28)36/h12-14,17-18,22-23H,8-11,15-16,39-40H2,1-7H3/p+2/t17-,18+,22-,23+,38?/m1/s1. The maximum absolute atomic E-state index is 14.2. The molecule has 1 spiro atoms. The molecule has 6 N–H and O–H groups in total. The zero-order valence-electron chi connectivity index (χ0n) is 30.3. The molecule has 0 aromatic carbocycles. The van der Waals surface area contributed by atoms with Gasteiger partial charge in [-0.05, 0) is 44.7 Å². The molecule has 0 saturated heterocycles. The summed E-state index contributed by atoms with van der Waals surface area (Å²) in [5.74, 6) is -2.09. The number of amides is 2. The molecular formula is C38H46N8O5+2. The summed E-state index contributed by atoms with van der Waals surface area (Å²) >= 11 is 0. The van der Waals surface area contributed by atoms with Crippen LogP contribution in [0.4, 0.5) is 0 Å². The number of nitrogens with two attached hydrogens (primary N) is 2. The van der Waals surface area contributed by atoms with Gasteiger partial charge in [-0.15, -0.1) is 0 Å². The number of esters is 1. The van der Waals surface area contributed by atoms with Crippen LogP contribution in [0.15, 0.2) is 11.4 Å². The van der Waals surface area contributed by atoms with Gasteiger partial charge in [0.05, 0.1) is 83.8 Å². The van der Waals surface area contributed by atoms with E-state index >= 15 is 0 Å². The molecule has 0 fully saturated rings. The normalized spacial score (nSPS) is 25.6. The predicted octanol–water partition coefficient (Wildman–Crippen LogP) is 0.763. The van der Waals surface area contributed by atoms with Gasteiger partial charge >= 0.3 is 11.9 Å². The maximum atomic E-state index is 14.2. The van der Waals surface area contributed by atoms with Crippen LogP contribution in [0.3, 0.4) is 0 Å². The minimum atomic E-state index is -1.13. The molecule has 13 heteroatoms. The fraction of sp³-hybridized carbons (Fsp3) is 0.474. The van der Waals surface area contributed by atoms with E-state index in [1.807, 2.05) is 13.8 Å². The van der Waals surface area contributed by atoms with Gasteiger partial charge in [0.15, 0.2) is 22.9 Å². The zero-order chi connectivity index (χ0) is 36.4. The summed E-state index contributed by atoms with van der Waals surface area (Å²) in [6.45, 7) is 12.2. The summed E-state index contributed by atoms with van der Waals surface area (Å²) in [5, 5.41) is 7.33. The minimum absolute atomic E-state index is 0.0177. The van der Waals surface area contributed by atoms with E-state index in [0.29, 0.717) is 28.8 Å². The topological polar surface area (TPSA) is 169 Å². The van der Waals surface area contributed by atoms with Crippen molar-refractivity contribution in [2.75, 3.05) is 20.4 Å². The largest absolute Gasteiger partial charge is 0.552 e. The third kappa shape index (κ3) is 3.93. The van der Waals surface area contributed by atoms with E-state index in [9.17, 15) is 19.2 Å². The lowest BCUT2D eigenvalue weighted by Gasteiger charge is -2.39. The van der Waals surface area contributed by atoms with Crippen LogP contribution in [0.1, 0.15) is 96.6 Å². The number of hydrogen-bond acceptors (Lipinski definition) is 7. The smallest absolute Gasteiger partial charge is 0.469 e. The first-order valence-electron chi connectivity index (χ1n) is 17.9. The summed E-state index contributed by atoms with van der Waals surface area (Å²) in [5.41, 5.74) is 20.7. The number of nitrogens with one attached hydrogen (secondary N) is 2. The Balaban J connectivity index is 1.60. The molecular weight excluding hydrogens is 648 g/mol. The number of rotatable bonds is 10. The number of ketones is 1. The number of carbonyl (C=O) groups is 4. The number of nitrogens with zero attached hydrogens (tertiary/aromatic N) is 4. The molecule has 6 aliphatic heterocycles. The van der Waals surface area contributed by atoms with Crippen LogP contribution >= 0.6 is 0 Å². The lowest BCUT2D eigenvalue weighted by Crippen LogP contribution is -2.70. The minimum Gasteiger partial charge on any atom is -0.469 e. The third-order valence-electron chi connectivity index (χ3n) is 12.3. The zero-order valence-corrected chi connectivity index (χ0v) is 30.3. The Morgan fingerprint density at radius 2 is 1.57 bits per heavy atom. The quantitative estimate of drug-likeness (QED) is 0.123. The summed E-state index contributed by atoms with van der Waals surface area (Å²) < 4.78 is 14.6. The van der Waals surface area contributed by atoms with Gasteiger partial charge in [0.2, 0.25) is 11.6 Å². The highest BCUT2D eigenvalue weighted by Crippen LogP contribution is 2.56. The number of hydrogen-bond donors (Lipinski definition) is 4. The van der Waals surface area contributed by atoms with Crippen LogP contribution in [0, 0.1) is 37.5 Å². The molecule has 266 valence electrons. The molecule has 0 saturated carbocycles. The second kappa shape index (κ2) is 11.3. The van der Waals surface area contributed by atoms with Gasteiger partial charge in [0.25, 0.3) is 5.91 Å². The lowest BCUT2D eigenvalue weighted by atomic mass is 9.83. The number of aromatic nitrogens is 2. The van der Waals surface area contributed by atoms with E-state index < -0.39 is 11.9 Å². The average molecular weight is 695 g/mol. The highest BCUT2D eigenvalue weighted by atomic mass is 16.5. The second-order valence-electron chi connectivity index (χ2n) is 14.6. The van der Waals surface area contributed by atoms with Gasteiger partial charge in [0.1, 0.15) is 0 Å². The van der Waals surface area contributed by atoms with Gasteiger partial charge in [-0.3, -0.25) is 19.2 Å². The Labute approximate surface area is 295 Å². The van der Waals surface area contributed by atoms with Crippen molar-refractivity contribution in [3.8, 4) is 0 Å². The molecule has 13 nitrogen and oxygen atoms in total. The van der Waals surface area contributed by atoms with Gasteiger partial charge in [-0.25, -0.2) is 0 Å². The maximum Gasteiger partial charge on any atom is 0.552 e. The number of Topliss-reactive ketones (excluding diaryl/α,β-unsaturated/α-hetero) is 1. The van der Waals surface area contributed by atoms with E-state index in [4.69, 9.17) is 16.2 Å². The van der Waals surface area contributed by atoms with Crippen molar-refractivity contribution in [1.82, 2.24) is 19.8 Å². The Kier molecular flexibility index (Phi) is 7.38. The monoisotopic (exact) mass is 694 g/mol. The van der Waals surface area contributed by atoms with E-state index in [1.54, 1.807) is 6.92 Å². The first kappa shape index (κ1) is 33.3. The SMILES string of the molecule is CC[C@H]1C2=Cc3c(C)c(C(=O)NCN)c4n3C35n6c(c(C)c(C(C)=O)c6=CC(=[N+]23)[C@@H]1C)=CC1=[N+]5C(=C4CC(=O)OC)[C@@H](CCC(=O)NCN)[C@@H]1C. The fourth-order valence-electron chi connectivity index (χ4n) is 10.2. The number of carbonyl (C=O) groups excluding carboxylic acids is 4. The van der Waals surface area contributed by atoms with Crippen LogP contribution < -0.4 is 32.8 Å². The van der Waals surface area contributed by atoms with Gasteiger partial charge in [-0.2, -0.15) is 9.13 Å². The van der Waals surface area contributed by atoms with Gasteiger partial charge in [-0.1, -0.05) is 29.9 Å². The predicted molar refractivity (Wildman–Crippen MR) is 191 cm³/mol. The molecule has 0 aliphatic carbocycles. The first-order valence-corrected chi connectivity index (χ1v) is 17.9. The van der Waals surface area contributed by atoms with E-state index in [2.05, 4.69) is 67.9 Å². The van der Waals surface area contributed by atoms with Crippen molar-refractivity contribution in [2.24, 2.45) is 35.1 Å². The Morgan fingerprint density at radius 1 is 0.902 bits per heavy atom. The van der Waals surface area contributed by atoms with Crippen molar-refractivity contribution in [1.29, 1.82) is 0 Å². The number of ether oxygens (including phenoxy) is 1. The number of allylic oxidation sites excluding steroid dienone is 2. The molecule has 51 heavy (non-hydrogen) atoms. The first-order chi connectivity index (χ1) is 24.4. The molecule has 8 heterocycles. The molecule has 2 amide bonds. The Bertz CT molecular complexity index is 2300. The van der Waals surface area contributed by atoms with Gasteiger partial charge in [0, 0.05) is 30.2 Å². The van der Waals surface area contributed by atoms with E-state index in [1.165, 1.54) is 7.11 Å². The molecule has 5 atom stereocenters. The van der Waals surface area contributed by atoms with Crippen molar-refractivity contribution < 1.29 is 33.1 Å². The third-order valence-corrected chi connectivity index (χ3v) is 12.3. The van der Waals surface area contributed by atoms with Crippen LogP contribution in [0.5, 0.6) is 0 Å². The van der Waals surface area contributed by atoms with E-state index in [-0.39, 0.29) is 67.4 Å². The van der Waals surface area contributed by atoms with Crippen molar-refractivity contribution in [3.63, 3.8) is 0 Å². The molecule has 2 aromatic rings. The van der Waals surface area contributed by atoms with Crippen LogP contribution in [-0.4, -0.2) is 73.7 Å². The molecule has 0 radical (unpaired) electrons. The molecule has 6 aliphatic rings. The molecule has 0 bridgehead atoms.